The van der Waals surface area contributed by atoms with Crippen molar-refractivity contribution in [2.45, 2.75) is 13.5 Å². The van der Waals surface area contributed by atoms with E-state index in [0.717, 1.165) is 21.3 Å². The maximum Gasteiger partial charge on any atom is 0.256 e. The fraction of sp³-hybridized carbons (Fsp3) is 0.286. The van der Waals surface area contributed by atoms with Crippen molar-refractivity contribution in [3.05, 3.63) is 45.7 Å². The second-order valence-electron chi connectivity index (χ2n) is 4.08. The molecule has 0 spiro atoms. The Morgan fingerprint density at radius 2 is 1.79 bits per heavy atom. The molecule has 1 heterocycles. The van der Waals surface area contributed by atoms with E-state index in [1.54, 1.807) is 23.5 Å². The molecule has 0 aromatic heterocycles. The van der Waals surface area contributed by atoms with Gasteiger partial charge in [-0.05, 0) is 12.5 Å². The van der Waals surface area contributed by atoms with Crippen LogP contribution in [-0.4, -0.2) is 23.2 Å². The number of Topliss-reactive ketones (excluding diaryl/α,β-unsaturated/α-hetero) is 1. The molecular weight excluding hydrogens is 278 g/mol. The van der Waals surface area contributed by atoms with Crippen LogP contribution in [0.1, 0.15) is 12.5 Å². The second kappa shape index (κ2) is 6.82. The molecule has 5 heteroatoms. The minimum absolute atomic E-state index is 0.164. The van der Waals surface area contributed by atoms with Crippen LogP contribution < -0.4 is 5.32 Å². The molecule has 1 aromatic carbocycles. The predicted octanol–water partition coefficient (Wildman–Crippen LogP) is 2.58. The SMILES string of the molecule is CC(=O)C(C(=O)NCc1ccccc1)=C1SCCS1. The van der Waals surface area contributed by atoms with Gasteiger partial charge < -0.3 is 5.32 Å². The average Bonchev–Trinajstić information content (AvgIpc) is 2.91. The van der Waals surface area contributed by atoms with Crippen molar-refractivity contribution < 1.29 is 9.59 Å². The third-order valence-corrected chi connectivity index (χ3v) is 5.34. The molecule has 3 nitrogen and oxygen atoms in total. The Kier molecular flexibility index (Phi) is 5.10. The Morgan fingerprint density at radius 1 is 1.16 bits per heavy atom. The Bertz CT molecular complexity index is 503. The number of hydrogen-bond donors (Lipinski definition) is 1. The molecule has 100 valence electrons. The van der Waals surface area contributed by atoms with Gasteiger partial charge in [0.15, 0.2) is 5.78 Å². The first-order valence-electron chi connectivity index (χ1n) is 6.01. The van der Waals surface area contributed by atoms with Crippen molar-refractivity contribution in [1.29, 1.82) is 0 Å². The van der Waals surface area contributed by atoms with Crippen molar-refractivity contribution in [3.8, 4) is 0 Å². The molecular formula is C14H15NO2S2. The Morgan fingerprint density at radius 3 is 2.37 bits per heavy atom. The van der Waals surface area contributed by atoms with Gasteiger partial charge in [0.05, 0.1) is 4.24 Å². The molecule has 1 aliphatic heterocycles. The van der Waals surface area contributed by atoms with E-state index in [9.17, 15) is 9.59 Å². The fourth-order valence-corrected chi connectivity index (χ4v) is 4.35. The molecule has 0 bridgehead atoms. The van der Waals surface area contributed by atoms with Gasteiger partial charge in [0.2, 0.25) is 0 Å². The number of carbonyl (C=O) groups excluding carboxylic acids is 2. The van der Waals surface area contributed by atoms with Crippen molar-refractivity contribution in [1.82, 2.24) is 5.32 Å². The normalized spacial score (nSPS) is 14.3. The van der Waals surface area contributed by atoms with Crippen LogP contribution in [0.5, 0.6) is 0 Å². The van der Waals surface area contributed by atoms with Crippen molar-refractivity contribution in [2.75, 3.05) is 11.5 Å². The van der Waals surface area contributed by atoms with Gasteiger partial charge in [-0.15, -0.1) is 23.5 Å². The summed E-state index contributed by atoms with van der Waals surface area (Å²) in [6, 6.07) is 9.67. The van der Waals surface area contributed by atoms with Crippen LogP contribution in [0, 0.1) is 0 Å². The summed E-state index contributed by atoms with van der Waals surface area (Å²) in [5, 5.41) is 2.81. The third kappa shape index (κ3) is 3.88. The van der Waals surface area contributed by atoms with E-state index < -0.39 is 0 Å². The highest BCUT2D eigenvalue weighted by molar-refractivity contribution is 8.25. The smallest absolute Gasteiger partial charge is 0.256 e. The number of rotatable bonds is 4. The maximum absolute atomic E-state index is 12.1. The summed E-state index contributed by atoms with van der Waals surface area (Å²) in [4.78, 5) is 23.8. The van der Waals surface area contributed by atoms with E-state index in [-0.39, 0.29) is 11.7 Å². The first kappa shape index (κ1) is 14.2. The number of benzene rings is 1. The number of ketones is 1. The summed E-state index contributed by atoms with van der Waals surface area (Å²) in [6.45, 7) is 1.89. The molecule has 1 saturated heterocycles. The Balaban J connectivity index is 2.05. The molecule has 0 atom stereocenters. The summed E-state index contributed by atoms with van der Waals surface area (Å²) < 4.78 is 0.859. The van der Waals surface area contributed by atoms with E-state index in [2.05, 4.69) is 5.32 Å². The van der Waals surface area contributed by atoms with Crippen LogP contribution in [0.3, 0.4) is 0 Å². The van der Waals surface area contributed by atoms with Gasteiger partial charge in [-0.3, -0.25) is 9.59 Å². The lowest BCUT2D eigenvalue weighted by Crippen LogP contribution is -2.27. The lowest BCUT2D eigenvalue weighted by molar-refractivity contribution is -0.121. The van der Waals surface area contributed by atoms with Crippen LogP contribution in [0.2, 0.25) is 0 Å². The summed E-state index contributed by atoms with van der Waals surface area (Å²) in [7, 11) is 0. The number of hydrogen-bond acceptors (Lipinski definition) is 4. The van der Waals surface area contributed by atoms with Gasteiger partial charge in [0.1, 0.15) is 5.57 Å². The summed E-state index contributed by atoms with van der Waals surface area (Å²) in [6.07, 6.45) is 0. The van der Waals surface area contributed by atoms with Crippen LogP contribution in [-0.2, 0) is 16.1 Å². The average molecular weight is 293 g/mol. The molecule has 1 amide bonds. The zero-order valence-corrected chi connectivity index (χ0v) is 12.3. The van der Waals surface area contributed by atoms with E-state index in [1.807, 2.05) is 30.3 Å². The van der Waals surface area contributed by atoms with Crippen LogP contribution in [0.15, 0.2) is 40.1 Å². The van der Waals surface area contributed by atoms with Gasteiger partial charge in [-0.2, -0.15) is 0 Å². The van der Waals surface area contributed by atoms with Crippen LogP contribution >= 0.6 is 23.5 Å². The van der Waals surface area contributed by atoms with E-state index in [4.69, 9.17) is 0 Å². The molecule has 2 rings (SSSR count). The van der Waals surface area contributed by atoms with Crippen molar-refractivity contribution in [2.24, 2.45) is 0 Å². The van der Waals surface area contributed by atoms with Gasteiger partial charge in [-0.25, -0.2) is 0 Å². The summed E-state index contributed by atoms with van der Waals surface area (Å²) in [5.41, 5.74) is 1.33. The first-order chi connectivity index (χ1) is 9.18. The Hall–Kier alpha value is -1.20. The van der Waals surface area contributed by atoms with Gasteiger partial charge >= 0.3 is 0 Å². The maximum atomic E-state index is 12.1. The quantitative estimate of drug-likeness (QED) is 0.526. The zero-order chi connectivity index (χ0) is 13.7. The lowest BCUT2D eigenvalue weighted by Gasteiger charge is -2.08. The number of nitrogens with one attached hydrogen (secondary N) is 1. The number of thioether (sulfide) groups is 2. The highest BCUT2D eigenvalue weighted by atomic mass is 32.2. The highest BCUT2D eigenvalue weighted by Crippen LogP contribution is 2.38. The molecule has 1 N–H and O–H groups in total. The monoisotopic (exact) mass is 293 g/mol. The standard InChI is InChI=1S/C14H15NO2S2/c1-10(16)12(14-18-7-8-19-14)13(17)15-9-11-5-3-2-4-6-11/h2-6H,7-9H2,1H3,(H,15,17). The predicted molar refractivity (Wildman–Crippen MR) is 80.9 cm³/mol. The van der Waals surface area contributed by atoms with Crippen LogP contribution in [0.4, 0.5) is 0 Å². The van der Waals surface area contributed by atoms with Gasteiger partial charge in [-0.1, -0.05) is 30.3 Å². The Labute approximate surface area is 121 Å². The van der Waals surface area contributed by atoms with E-state index in [0.29, 0.717) is 12.1 Å². The van der Waals surface area contributed by atoms with Gasteiger partial charge in [0.25, 0.3) is 5.91 Å². The molecule has 1 aliphatic rings. The highest BCUT2D eigenvalue weighted by Gasteiger charge is 2.23. The molecule has 0 aliphatic carbocycles. The molecule has 1 aromatic rings. The molecule has 0 unspecified atom stereocenters. The first-order valence-corrected chi connectivity index (χ1v) is 7.98. The molecule has 0 saturated carbocycles. The topological polar surface area (TPSA) is 46.2 Å². The minimum atomic E-state index is -0.270. The van der Waals surface area contributed by atoms with E-state index >= 15 is 0 Å². The molecule has 1 fully saturated rings. The summed E-state index contributed by atoms with van der Waals surface area (Å²) >= 11 is 3.18. The number of carbonyl (C=O) groups is 2. The number of amides is 1. The molecule has 19 heavy (non-hydrogen) atoms. The van der Waals surface area contributed by atoms with Crippen LogP contribution in [0.25, 0.3) is 0 Å². The third-order valence-electron chi connectivity index (χ3n) is 2.63. The van der Waals surface area contributed by atoms with Gasteiger partial charge in [0, 0.05) is 18.1 Å². The zero-order valence-electron chi connectivity index (χ0n) is 10.6. The molecule has 0 radical (unpaired) electrons. The second-order valence-corrected chi connectivity index (χ2v) is 6.55. The minimum Gasteiger partial charge on any atom is -0.348 e. The van der Waals surface area contributed by atoms with Crippen molar-refractivity contribution in [3.63, 3.8) is 0 Å². The van der Waals surface area contributed by atoms with Crippen molar-refractivity contribution >= 4 is 35.2 Å². The fourth-order valence-electron chi connectivity index (χ4n) is 1.72. The lowest BCUT2D eigenvalue weighted by atomic mass is 10.2. The van der Waals surface area contributed by atoms with E-state index in [1.165, 1.54) is 6.92 Å². The summed E-state index contributed by atoms with van der Waals surface area (Å²) in [5.74, 6) is 1.49. The largest absolute Gasteiger partial charge is 0.348 e.